The van der Waals surface area contributed by atoms with Crippen LogP contribution in [0.25, 0.3) is 0 Å². The number of hydrogen-bond acceptors (Lipinski definition) is 2. The van der Waals surface area contributed by atoms with Crippen molar-refractivity contribution >= 4 is 17.4 Å². The monoisotopic (exact) mass is 230 g/mol. The van der Waals surface area contributed by atoms with Crippen LogP contribution in [0.3, 0.4) is 0 Å². The smallest absolute Gasteiger partial charge is 0.163 e. The molecule has 1 aromatic carbocycles. The molecule has 1 rings (SSSR count). The van der Waals surface area contributed by atoms with Crippen LogP contribution in [0.2, 0.25) is 5.02 Å². The zero-order chi connectivity index (χ0) is 11.3. The zero-order valence-corrected chi connectivity index (χ0v) is 9.18. The van der Waals surface area contributed by atoms with Crippen LogP contribution in [-0.2, 0) is 0 Å². The molecule has 2 nitrogen and oxygen atoms in total. The summed E-state index contributed by atoms with van der Waals surface area (Å²) in [7, 11) is 0. The summed E-state index contributed by atoms with van der Waals surface area (Å²) in [5.74, 6) is 0.341. The Morgan fingerprint density at radius 3 is 2.87 bits per heavy atom. The van der Waals surface area contributed by atoms with Crippen LogP contribution in [0.15, 0.2) is 18.2 Å². The van der Waals surface area contributed by atoms with Crippen molar-refractivity contribution in [1.82, 2.24) is 0 Å². The molecule has 0 aliphatic rings. The third-order valence-electron chi connectivity index (χ3n) is 1.86. The molecule has 15 heavy (non-hydrogen) atoms. The number of Topliss-reactive ketones (excluding diaryl/α,β-unsaturated/α-hetero) is 1. The van der Waals surface area contributed by atoms with Gasteiger partial charge in [-0.25, -0.2) is 0 Å². The standard InChI is InChI=1S/C11H12ClFO2/c1-8(14)10-7-9(12)3-4-11(10)15-6-2-5-13/h3-4,7H,2,5-6H2,1H3. The van der Waals surface area contributed by atoms with E-state index in [2.05, 4.69) is 0 Å². The van der Waals surface area contributed by atoms with Gasteiger partial charge in [-0.05, 0) is 25.1 Å². The first kappa shape index (κ1) is 12.0. The quantitative estimate of drug-likeness (QED) is 0.573. The molecule has 0 heterocycles. The van der Waals surface area contributed by atoms with E-state index in [0.717, 1.165) is 0 Å². The molecular formula is C11H12ClFO2. The van der Waals surface area contributed by atoms with Gasteiger partial charge in [-0.2, -0.15) is 0 Å². The molecule has 0 fully saturated rings. The van der Waals surface area contributed by atoms with E-state index < -0.39 is 6.67 Å². The van der Waals surface area contributed by atoms with Crippen LogP contribution in [0.4, 0.5) is 4.39 Å². The second-order valence-electron chi connectivity index (χ2n) is 3.09. The molecule has 82 valence electrons. The maximum atomic E-state index is 11.9. The fourth-order valence-corrected chi connectivity index (χ4v) is 1.31. The van der Waals surface area contributed by atoms with Crippen molar-refractivity contribution in [3.05, 3.63) is 28.8 Å². The van der Waals surface area contributed by atoms with E-state index in [0.29, 0.717) is 22.8 Å². The molecule has 0 spiro atoms. The van der Waals surface area contributed by atoms with Crippen LogP contribution < -0.4 is 4.74 Å². The lowest BCUT2D eigenvalue weighted by Crippen LogP contribution is -2.03. The number of ketones is 1. The Morgan fingerprint density at radius 1 is 1.53 bits per heavy atom. The number of rotatable bonds is 5. The predicted molar refractivity (Wildman–Crippen MR) is 57.5 cm³/mol. The van der Waals surface area contributed by atoms with Gasteiger partial charge in [0.15, 0.2) is 5.78 Å². The minimum Gasteiger partial charge on any atom is -0.493 e. The van der Waals surface area contributed by atoms with E-state index in [9.17, 15) is 9.18 Å². The Hall–Kier alpha value is -1.09. The Balaban J connectivity index is 2.81. The largest absolute Gasteiger partial charge is 0.493 e. The molecule has 0 aliphatic heterocycles. The minimum absolute atomic E-state index is 0.118. The molecule has 0 amide bonds. The van der Waals surface area contributed by atoms with Crippen LogP contribution in [0, 0.1) is 0 Å². The van der Waals surface area contributed by atoms with Crippen LogP contribution >= 0.6 is 11.6 Å². The van der Waals surface area contributed by atoms with Gasteiger partial charge in [0, 0.05) is 11.4 Å². The second kappa shape index (κ2) is 5.71. The number of ether oxygens (including phenoxy) is 1. The summed E-state index contributed by atoms with van der Waals surface area (Å²) in [5, 5.41) is 0.484. The van der Waals surface area contributed by atoms with Crippen molar-refractivity contribution < 1.29 is 13.9 Å². The Morgan fingerprint density at radius 2 is 2.27 bits per heavy atom. The SMILES string of the molecule is CC(=O)c1cc(Cl)ccc1OCCCF. The summed E-state index contributed by atoms with van der Waals surface area (Å²) < 4.78 is 17.1. The zero-order valence-electron chi connectivity index (χ0n) is 8.43. The van der Waals surface area contributed by atoms with E-state index in [-0.39, 0.29) is 12.4 Å². The Bertz CT molecular complexity index is 352. The van der Waals surface area contributed by atoms with Gasteiger partial charge < -0.3 is 4.74 Å². The third-order valence-corrected chi connectivity index (χ3v) is 2.09. The lowest BCUT2D eigenvalue weighted by Gasteiger charge is -2.08. The van der Waals surface area contributed by atoms with Crippen molar-refractivity contribution in [2.45, 2.75) is 13.3 Å². The second-order valence-corrected chi connectivity index (χ2v) is 3.52. The summed E-state index contributed by atoms with van der Waals surface area (Å²) in [4.78, 5) is 11.2. The van der Waals surface area contributed by atoms with E-state index >= 15 is 0 Å². The molecule has 0 atom stereocenters. The molecule has 0 saturated carbocycles. The maximum absolute atomic E-state index is 11.9. The highest BCUT2D eigenvalue weighted by Crippen LogP contribution is 2.23. The summed E-state index contributed by atoms with van der Waals surface area (Å²) in [5.41, 5.74) is 0.432. The first-order valence-electron chi connectivity index (χ1n) is 4.64. The number of halogens is 2. The van der Waals surface area contributed by atoms with E-state index in [1.807, 2.05) is 0 Å². The van der Waals surface area contributed by atoms with Gasteiger partial charge >= 0.3 is 0 Å². The van der Waals surface area contributed by atoms with Gasteiger partial charge in [-0.15, -0.1) is 0 Å². The highest BCUT2D eigenvalue weighted by atomic mass is 35.5. The molecule has 4 heteroatoms. The lowest BCUT2D eigenvalue weighted by molar-refractivity contribution is 0.101. The molecule has 0 unspecified atom stereocenters. The van der Waals surface area contributed by atoms with Crippen LogP contribution in [-0.4, -0.2) is 19.1 Å². The number of hydrogen-bond donors (Lipinski definition) is 0. The van der Waals surface area contributed by atoms with Crippen molar-refractivity contribution in [3.63, 3.8) is 0 Å². The average Bonchev–Trinajstić information content (AvgIpc) is 2.20. The molecule has 0 radical (unpaired) electrons. The van der Waals surface area contributed by atoms with E-state index in [1.165, 1.54) is 6.92 Å². The van der Waals surface area contributed by atoms with E-state index in [4.69, 9.17) is 16.3 Å². The molecule has 0 saturated heterocycles. The normalized spacial score (nSPS) is 10.1. The van der Waals surface area contributed by atoms with Crippen molar-refractivity contribution in [2.24, 2.45) is 0 Å². The molecular weight excluding hydrogens is 219 g/mol. The van der Waals surface area contributed by atoms with E-state index in [1.54, 1.807) is 18.2 Å². The van der Waals surface area contributed by atoms with Gasteiger partial charge in [0.2, 0.25) is 0 Å². The number of carbonyl (C=O) groups is 1. The highest BCUT2D eigenvalue weighted by molar-refractivity contribution is 6.31. The first-order chi connectivity index (χ1) is 7.15. The summed E-state index contributed by atoms with van der Waals surface area (Å²) in [6.45, 7) is 1.27. The fraction of sp³-hybridized carbons (Fsp3) is 0.364. The minimum atomic E-state index is -0.428. The summed E-state index contributed by atoms with van der Waals surface area (Å²) in [6.07, 6.45) is 0.319. The number of alkyl halides is 1. The topological polar surface area (TPSA) is 26.3 Å². The molecule has 0 aromatic heterocycles. The molecule has 0 aliphatic carbocycles. The van der Waals surface area contributed by atoms with Crippen molar-refractivity contribution in [1.29, 1.82) is 0 Å². The molecule has 0 bridgehead atoms. The summed E-state index contributed by atoms with van der Waals surface area (Å²) in [6, 6.07) is 4.81. The number of benzene rings is 1. The molecule has 0 N–H and O–H groups in total. The van der Waals surface area contributed by atoms with Gasteiger partial charge in [0.1, 0.15) is 5.75 Å². The predicted octanol–water partition coefficient (Wildman–Crippen LogP) is 3.28. The van der Waals surface area contributed by atoms with Crippen molar-refractivity contribution in [2.75, 3.05) is 13.3 Å². The fourth-order valence-electron chi connectivity index (χ4n) is 1.14. The first-order valence-corrected chi connectivity index (χ1v) is 5.02. The van der Waals surface area contributed by atoms with Crippen molar-refractivity contribution in [3.8, 4) is 5.75 Å². The van der Waals surface area contributed by atoms with Gasteiger partial charge in [-0.3, -0.25) is 9.18 Å². The summed E-state index contributed by atoms with van der Waals surface area (Å²) >= 11 is 5.75. The van der Waals surface area contributed by atoms with Crippen LogP contribution in [0.1, 0.15) is 23.7 Å². The maximum Gasteiger partial charge on any atom is 0.163 e. The van der Waals surface area contributed by atoms with Crippen LogP contribution in [0.5, 0.6) is 5.75 Å². The van der Waals surface area contributed by atoms with Gasteiger partial charge in [-0.1, -0.05) is 11.6 Å². The average molecular weight is 231 g/mol. The molecule has 1 aromatic rings. The Labute approximate surface area is 93.0 Å². The van der Waals surface area contributed by atoms with Gasteiger partial charge in [0.25, 0.3) is 0 Å². The lowest BCUT2D eigenvalue weighted by atomic mass is 10.1. The third kappa shape index (κ3) is 3.51. The highest BCUT2D eigenvalue weighted by Gasteiger charge is 2.08. The Kier molecular flexibility index (Phi) is 4.56. The van der Waals surface area contributed by atoms with Gasteiger partial charge in [0.05, 0.1) is 18.8 Å². The number of carbonyl (C=O) groups excluding carboxylic acids is 1.